The summed E-state index contributed by atoms with van der Waals surface area (Å²) in [6.45, 7) is 6.53. The van der Waals surface area contributed by atoms with Crippen LogP contribution >= 0.6 is 0 Å². The summed E-state index contributed by atoms with van der Waals surface area (Å²) in [5.74, 6) is 2.41. The second kappa shape index (κ2) is 16.7. The van der Waals surface area contributed by atoms with Crippen molar-refractivity contribution in [3.8, 4) is 17.2 Å². The van der Waals surface area contributed by atoms with Gasteiger partial charge in [0, 0.05) is 51.3 Å². The van der Waals surface area contributed by atoms with Crippen molar-refractivity contribution in [2.24, 2.45) is 0 Å². The molecule has 2 N–H and O–H groups in total. The zero-order valence-electron chi connectivity index (χ0n) is 25.9. The third-order valence-corrected chi connectivity index (χ3v) is 8.15. The first kappa shape index (κ1) is 32.1. The predicted molar refractivity (Wildman–Crippen MR) is 170 cm³/mol. The summed E-state index contributed by atoms with van der Waals surface area (Å²) in [6, 6.07) is 22.2. The van der Waals surface area contributed by atoms with E-state index in [-0.39, 0.29) is 12.0 Å². The van der Waals surface area contributed by atoms with Crippen molar-refractivity contribution in [3.63, 3.8) is 0 Å². The highest BCUT2D eigenvalue weighted by Gasteiger charge is 2.34. The fraction of sp³-hybridized carbons (Fsp3) is 0.486. The van der Waals surface area contributed by atoms with Gasteiger partial charge in [-0.05, 0) is 47.9 Å². The maximum absolute atomic E-state index is 11.0. The number of hydrogen-bond acceptors (Lipinski definition) is 9. The van der Waals surface area contributed by atoms with Gasteiger partial charge in [-0.15, -0.1) is 0 Å². The molecule has 9 heteroatoms. The van der Waals surface area contributed by atoms with Gasteiger partial charge in [0.1, 0.15) is 23.9 Å². The standard InChI is InChI=1S/C35H46N2O7/c1-39-17-5-15-37-16-20-43-33-14-9-26(21-30(33)37)24-44-34-23-36-22-31(38)35(34)27-10-12-29(13-11-27)42-19-6-18-41-25-28-7-3-4-8-32(28)40-2/h3-4,7-14,21,31,34-36,38H,5-6,15-20,22-25H2,1-2H3. The second-order valence-corrected chi connectivity index (χ2v) is 11.2. The average molecular weight is 607 g/mol. The first-order valence-corrected chi connectivity index (χ1v) is 15.6. The number of ether oxygens (including phenoxy) is 6. The average Bonchev–Trinajstić information content (AvgIpc) is 3.06. The lowest BCUT2D eigenvalue weighted by atomic mass is 9.85. The Labute approximate surface area is 261 Å². The predicted octanol–water partition coefficient (Wildman–Crippen LogP) is 4.55. The molecule has 3 aromatic carbocycles. The van der Waals surface area contributed by atoms with Crippen LogP contribution in [0.2, 0.25) is 0 Å². The van der Waals surface area contributed by atoms with Gasteiger partial charge >= 0.3 is 0 Å². The van der Waals surface area contributed by atoms with Crippen molar-refractivity contribution < 1.29 is 33.5 Å². The van der Waals surface area contributed by atoms with Crippen LogP contribution in [0.4, 0.5) is 5.69 Å². The maximum Gasteiger partial charge on any atom is 0.142 e. The summed E-state index contributed by atoms with van der Waals surface area (Å²) in [7, 11) is 3.40. The number of nitrogens with one attached hydrogen (secondary N) is 1. The minimum Gasteiger partial charge on any atom is -0.496 e. The number of rotatable bonds is 16. The quantitative estimate of drug-likeness (QED) is 0.228. The molecule has 0 bridgehead atoms. The van der Waals surface area contributed by atoms with Gasteiger partial charge in [-0.3, -0.25) is 0 Å². The van der Waals surface area contributed by atoms with Gasteiger partial charge in [-0.2, -0.15) is 0 Å². The van der Waals surface area contributed by atoms with Crippen LogP contribution < -0.4 is 24.4 Å². The van der Waals surface area contributed by atoms with E-state index >= 15 is 0 Å². The Morgan fingerprint density at radius 2 is 1.80 bits per heavy atom. The first-order valence-electron chi connectivity index (χ1n) is 15.6. The second-order valence-electron chi connectivity index (χ2n) is 11.2. The Bertz CT molecular complexity index is 1290. The van der Waals surface area contributed by atoms with Crippen LogP contribution in [0, 0.1) is 0 Å². The van der Waals surface area contributed by atoms with Crippen LogP contribution in [-0.4, -0.2) is 84.1 Å². The summed E-state index contributed by atoms with van der Waals surface area (Å²) < 4.78 is 34.7. The van der Waals surface area contributed by atoms with Gasteiger partial charge in [0.05, 0.1) is 58.0 Å². The summed E-state index contributed by atoms with van der Waals surface area (Å²) in [4.78, 5) is 2.36. The van der Waals surface area contributed by atoms with E-state index in [1.54, 1.807) is 14.2 Å². The number of anilines is 1. The number of para-hydroxylation sites is 1. The number of β-amino-alcohol motifs (C(OH)–C–C–N with tert-alkyl or cyclic N) is 1. The van der Waals surface area contributed by atoms with Crippen molar-refractivity contribution in [3.05, 3.63) is 83.4 Å². The van der Waals surface area contributed by atoms with Gasteiger partial charge in [0.15, 0.2) is 0 Å². The van der Waals surface area contributed by atoms with E-state index in [0.717, 1.165) is 72.2 Å². The molecule has 3 aromatic rings. The van der Waals surface area contributed by atoms with Crippen LogP contribution in [0.5, 0.6) is 17.2 Å². The van der Waals surface area contributed by atoms with Crippen LogP contribution in [-0.2, 0) is 27.4 Å². The molecule has 0 spiro atoms. The number of aliphatic hydroxyl groups excluding tert-OH is 1. The molecule has 2 heterocycles. The molecule has 0 radical (unpaired) electrons. The van der Waals surface area contributed by atoms with E-state index in [2.05, 4.69) is 22.3 Å². The van der Waals surface area contributed by atoms with E-state index in [4.69, 9.17) is 28.4 Å². The van der Waals surface area contributed by atoms with Gasteiger partial charge in [-0.25, -0.2) is 0 Å². The largest absolute Gasteiger partial charge is 0.496 e. The zero-order valence-corrected chi connectivity index (χ0v) is 25.9. The molecule has 2 aliphatic heterocycles. The fourth-order valence-electron chi connectivity index (χ4n) is 5.86. The highest BCUT2D eigenvalue weighted by atomic mass is 16.5. The number of aliphatic hydroxyl groups is 1. The Kier molecular flexibility index (Phi) is 12.1. The van der Waals surface area contributed by atoms with E-state index in [1.165, 1.54) is 0 Å². The van der Waals surface area contributed by atoms with Gasteiger partial charge in [0.25, 0.3) is 0 Å². The van der Waals surface area contributed by atoms with E-state index in [0.29, 0.717) is 46.1 Å². The van der Waals surface area contributed by atoms with Crippen molar-refractivity contribution in [2.45, 2.75) is 44.2 Å². The number of methoxy groups -OCH3 is 2. The van der Waals surface area contributed by atoms with Crippen molar-refractivity contribution in [2.75, 3.05) is 71.7 Å². The molecule has 9 nitrogen and oxygen atoms in total. The molecule has 1 fully saturated rings. The van der Waals surface area contributed by atoms with Gasteiger partial charge < -0.3 is 43.7 Å². The molecule has 0 aliphatic carbocycles. The van der Waals surface area contributed by atoms with Crippen molar-refractivity contribution >= 4 is 5.69 Å². The van der Waals surface area contributed by atoms with Crippen molar-refractivity contribution in [1.29, 1.82) is 0 Å². The smallest absolute Gasteiger partial charge is 0.142 e. The van der Waals surface area contributed by atoms with E-state index < -0.39 is 6.10 Å². The van der Waals surface area contributed by atoms with E-state index in [9.17, 15) is 5.11 Å². The minimum atomic E-state index is -0.547. The SMILES string of the molecule is COCCCN1CCOc2ccc(COC3CNCC(O)C3c3ccc(OCCCOCc4ccccc4OC)cc3)cc21. The lowest BCUT2D eigenvalue weighted by molar-refractivity contribution is -0.0328. The molecule has 1 saturated heterocycles. The summed E-state index contributed by atoms with van der Waals surface area (Å²) in [6.07, 6.45) is 1.03. The van der Waals surface area contributed by atoms with Crippen LogP contribution in [0.25, 0.3) is 0 Å². The Balaban J connectivity index is 1.11. The molecular formula is C35H46N2O7. The molecule has 0 aromatic heterocycles. The topological polar surface area (TPSA) is 90.9 Å². The summed E-state index contributed by atoms with van der Waals surface area (Å²) >= 11 is 0. The number of piperidine rings is 1. The minimum absolute atomic E-state index is 0.139. The number of benzene rings is 3. The molecular weight excluding hydrogens is 560 g/mol. The summed E-state index contributed by atoms with van der Waals surface area (Å²) in [5, 5.41) is 14.3. The Morgan fingerprint density at radius 3 is 2.64 bits per heavy atom. The number of hydrogen-bond donors (Lipinski definition) is 2. The fourth-order valence-corrected chi connectivity index (χ4v) is 5.86. The summed E-state index contributed by atoms with van der Waals surface area (Å²) in [5.41, 5.74) is 4.26. The lowest BCUT2D eigenvalue weighted by Gasteiger charge is -2.36. The Morgan fingerprint density at radius 1 is 0.932 bits per heavy atom. The van der Waals surface area contributed by atoms with Gasteiger partial charge in [-0.1, -0.05) is 36.4 Å². The number of nitrogens with zero attached hydrogens (tertiary/aromatic N) is 1. The molecule has 3 unspecified atom stereocenters. The number of fused-ring (bicyclic) bond motifs is 1. The molecule has 0 saturated carbocycles. The molecule has 44 heavy (non-hydrogen) atoms. The molecule has 2 aliphatic rings. The third kappa shape index (κ3) is 8.64. The van der Waals surface area contributed by atoms with E-state index in [1.807, 2.05) is 54.6 Å². The van der Waals surface area contributed by atoms with Crippen LogP contribution in [0.15, 0.2) is 66.7 Å². The van der Waals surface area contributed by atoms with Gasteiger partial charge in [0.2, 0.25) is 0 Å². The molecule has 3 atom stereocenters. The molecule has 5 rings (SSSR count). The monoisotopic (exact) mass is 606 g/mol. The first-order chi connectivity index (χ1) is 21.7. The molecule has 0 amide bonds. The van der Waals surface area contributed by atoms with Crippen LogP contribution in [0.1, 0.15) is 35.4 Å². The molecule has 238 valence electrons. The third-order valence-electron chi connectivity index (χ3n) is 8.15. The Hall–Kier alpha value is -3.34. The zero-order chi connectivity index (χ0) is 30.6. The lowest BCUT2D eigenvalue weighted by Crippen LogP contribution is -2.49. The maximum atomic E-state index is 11.0. The normalized spacial score (nSPS) is 19.7. The highest BCUT2D eigenvalue weighted by Crippen LogP contribution is 2.34. The van der Waals surface area contributed by atoms with Crippen molar-refractivity contribution in [1.82, 2.24) is 5.32 Å². The van der Waals surface area contributed by atoms with Crippen LogP contribution in [0.3, 0.4) is 0 Å². The highest BCUT2D eigenvalue weighted by molar-refractivity contribution is 5.61.